The van der Waals surface area contributed by atoms with Crippen LogP contribution >= 0.6 is 0 Å². The van der Waals surface area contributed by atoms with Crippen LogP contribution in [0.25, 0.3) is 0 Å². The third-order valence-electron chi connectivity index (χ3n) is 4.61. The molecule has 5 nitrogen and oxygen atoms in total. The largest absolute Gasteiger partial charge is 0.385 e. The number of nitrogens with zero attached hydrogens (tertiary/aromatic N) is 2. The van der Waals surface area contributed by atoms with Crippen LogP contribution in [0.15, 0.2) is 0 Å². The first-order valence-corrected chi connectivity index (χ1v) is 8.51. The molecule has 0 saturated carbocycles. The predicted octanol–water partition coefficient (Wildman–Crippen LogP) is 1.09. The summed E-state index contributed by atoms with van der Waals surface area (Å²) in [5, 5.41) is 2.99. The highest BCUT2D eigenvalue weighted by atomic mass is 16.5. The fourth-order valence-electron chi connectivity index (χ4n) is 3.43. The van der Waals surface area contributed by atoms with E-state index < -0.39 is 0 Å². The van der Waals surface area contributed by atoms with Crippen LogP contribution in [-0.2, 0) is 9.53 Å². The average molecular weight is 297 g/mol. The van der Waals surface area contributed by atoms with Crippen molar-refractivity contribution in [1.82, 2.24) is 15.1 Å². The molecular weight excluding hydrogens is 266 g/mol. The number of nitrogens with one attached hydrogen (secondary N) is 1. The van der Waals surface area contributed by atoms with E-state index >= 15 is 0 Å². The van der Waals surface area contributed by atoms with Crippen LogP contribution in [0, 0.1) is 0 Å². The molecule has 0 bridgehead atoms. The Morgan fingerprint density at radius 3 is 2.76 bits per heavy atom. The molecule has 1 atom stereocenters. The van der Waals surface area contributed by atoms with E-state index in [2.05, 4.69) is 15.1 Å². The predicted molar refractivity (Wildman–Crippen MR) is 84.4 cm³/mol. The molecule has 122 valence electrons. The molecule has 0 spiro atoms. The molecule has 2 saturated heterocycles. The summed E-state index contributed by atoms with van der Waals surface area (Å²) in [7, 11) is 1.69. The maximum atomic E-state index is 12.0. The van der Waals surface area contributed by atoms with Crippen molar-refractivity contribution in [3.05, 3.63) is 0 Å². The van der Waals surface area contributed by atoms with E-state index in [1.165, 1.54) is 45.2 Å². The number of methoxy groups -OCH3 is 1. The van der Waals surface area contributed by atoms with Crippen molar-refractivity contribution < 1.29 is 9.53 Å². The molecule has 2 fully saturated rings. The van der Waals surface area contributed by atoms with Crippen molar-refractivity contribution >= 4 is 5.91 Å². The minimum Gasteiger partial charge on any atom is -0.385 e. The Hall–Kier alpha value is -0.650. The van der Waals surface area contributed by atoms with E-state index in [1.54, 1.807) is 7.11 Å². The molecule has 5 heteroatoms. The smallest absolute Gasteiger partial charge is 0.234 e. The van der Waals surface area contributed by atoms with Gasteiger partial charge in [-0.25, -0.2) is 0 Å². The lowest BCUT2D eigenvalue weighted by atomic mass is 10.1. The van der Waals surface area contributed by atoms with Crippen LogP contribution in [0.3, 0.4) is 0 Å². The van der Waals surface area contributed by atoms with Crippen molar-refractivity contribution in [3.63, 3.8) is 0 Å². The van der Waals surface area contributed by atoms with Crippen molar-refractivity contribution in [2.45, 2.75) is 44.6 Å². The molecule has 2 heterocycles. The first-order valence-electron chi connectivity index (χ1n) is 8.51. The number of carbonyl (C=O) groups is 1. The molecule has 1 N–H and O–H groups in total. The van der Waals surface area contributed by atoms with Gasteiger partial charge < -0.3 is 15.0 Å². The van der Waals surface area contributed by atoms with Gasteiger partial charge in [0.05, 0.1) is 6.54 Å². The number of ether oxygens (including phenoxy) is 1. The van der Waals surface area contributed by atoms with Crippen molar-refractivity contribution in [2.75, 3.05) is 53.0 Å². The number of carbonyl (C=O) groups excluding carboxylic acids is 1. The van der Waals surface area contributed by atoms with Crippen LogP contribution in [0.5, 0.6) is 0 Å². The maximum absolute atomic E-state index is 12.0. The normalized spacial score (nSPS) is 24.3. The van der Waals surface area contributed by atoms with Gasteiger partial charge in [-0.05, 0) is 51.7 Å². The number of hydrogen-bond acceptors (Lipinski definition) is 4. The highest BCUT2D eigenvalue weighted by Gasteiger charge is 2.28. The number of amides is 1. The van der Waals surface area contributed by atoms with Gasteiger partial charge >= 0.3 is 0 Å². The van der Waals surface area contributed by atoms with E-state index in [4.69, 9.17) is 4.74 Å². The van der Waals surface area contributed by atoms with Crippen LogP contribution < -0.4 is 5.32 Å². The van der Waals surface area contributed by atoms with E-state index in [9.17, 15) is 4.79 Å². The summed E-state index contributed by atoms with van der Waals surface area (Å²) < 4.78 is 4.99. The summed E-state index contributed by atoms with van der Waals surface area (Å²) in [6.45, 7) is 6.70. The van der Waals surface area contributed by atoms with E-state index in [-0.39, 0.29) is 5.91 Å². The molecule has 21 heavy (non-hydrogen) atoms. The lowest BCUT2D eigenvalue weighted by Crippen LogP contribution is -2.46. The number of likely N-dealkylation sites (tertiary alicyclic amines) is 2. The molecular formula is C16H31N3O2. The summed E-state index contributed by atoms with van der Waals surface area (Å²) in [5.41, 5.74) is 0. The lowest BCUT2D eigenvalue weighted by Gasteiger charge is -2.32. The zero-order chi connectivity index (χ0) is 14.9. The van der Waals surface area contributed by atoms with Gasteiger partial charge in [-0.2, -0.15) is 0 Å². The van der Waals surface area contributed by atoms with E-state index in [1.807, 2.05) is 0 Å². The third kappa shape index (κ3) is 5.93. The average Bonchev–Trinajstić information content (AvgIpc) is 2.92. The first-order chi connectivity index (χ1) is 10.3. The standard InChI is InChI=1S/C16H31N3O2/c1-21-12-6-8-17-16(20)14-19-11-5-7-15(19)13-18-9-3-2-4-10-18/h15H,2-14H2,1H3,(H,17,20). The van der Waals surface area contributed by atoms with E-state index in [0.717, 1.165) is 26.1 Å². The van der Waals surface area contributed by atoms with Crippen molar-refractivity contribution in [1.29, 1.82) is 0 Å². The SMILES string of the molecule is COCCCNC(=O)CN1CCCC1CN1CCCCC1. The molecule has 0 radical (unpaired) electrons. The molecule has 0 aromatic heterocycles. The van der Waals surface area contributed by atoms with Gasteiger partial charge in [0.1, 0.15) is 0 Å². The topological polar surface area (TPSA) is 44.8 Å². The summed E-state index contributed by atoms with van der Waals surface area (Å²) in [4.78, 5) is 17.0. The van der Waals surface area contributed by atoms with Gasteiger partial charge in [-0.3, -0.25) is 9.69 Å². The Balaban J connectivity index is 1.67. The first kappa shape index (κ1) is 16.7. The summed E-state index contributed by atoms with van der Waals surface area (Å²) in [6, 6.07) is 0.577. The lowest BCUT2D eigenvalue weighted by molar-refractivity contribution is -0.122. The monoisotopic (exact) mass is 297 g/mol. The molecule has 1 amide bonds. The van der Waals surface area contributed by atoms with Gasteiger partial charge in [0.2, 0.25) is 5.91 Å². The van der Waals surface area contributed by atoms with Gasteiger partial charge in [0.15, 0.2) is 0 Å². The van der Waals surface area contributed by atoms with Crippen molar-refractivity contribution in [2.24, 2.45) is 0 Å². The molecule has 2 aliphatic rings. The minimum absolute atomic E-state index is 0.164. The molecule has 2 aliphatic heterocycles. The molecule has 1 unspecified atom stereocenters. The van der Waals surface area contributed by atoms with Crippen LogP contribution in [0.1, 0.15) is 38.5 Å². The summed E-state index contributed by atoms with van der Waals surface area (Å²) in [6.07, 6.45) is 7.43. The van der Waals surface area contributed by atoms with E-state index in [0.29, 0.717) is 19.2 Å². The summed E-state index contributed by atoms with van der Waals surface area (Å²) >= 11 is 0. The Morgan fingerprint density at radius 1 is 1.19 bits per heavy atom. The Bertz CT molecular complexity index is 306. The number of rotatable bonds is 8. The fraction of sp³-hybridized carbons (Fsp3) is 0.938. The molecule has 0 aromatic carbocycles. The zero-order valence-corrected chi connectivity index (χ0v) is 13.5. The second-order valence-electron chi connectivity index (χ2n) is 6.32. The summed E-state index contributed by atoms with van der Waals surface area (Å²) in [5.74, 6) is 0.164. The minimum atomic E-state index is 0.164. The molecule has 2 rings (SSSR count). The quantitative estimate of drug-likeness (QED) is 0.681. The van der Waals surface area contributed by atoms with Gasteiger partial charge in [0, 0.05) is 32.8 Å². The zero-order valence-electron chi connectivity index (χ0n) is 13.5. The second-order valence-corrected chi connectivity index (χ2v) is 6.32. The Morgan fingerprint density at radius 2 is 2.00 bits per heavy atom. The fourth-order valence-corrected chi connectivity index (χ4v) is 3.43. The Kier molecular flexibility index (Phi) is 7.47. The van der Waals surface area contributed by atoms with Crippen LogP contribution in [0.4, 0.5) is 0 Å². The number of hydrogen-bond donors (Lipinski definition) is 1. The highest BCUT2D eigenvalue weighted by molar-refractivity contribution is 5.78. The molecule has 0 aliphatic carbocycles. The second kappa shape index (κ2) is 9.38. The van der Waals surface area contributed by atoms with Gasteiger partial charge in [-0.1, -0.05) is 6.42 Å². The highest BCUT2D eigenvalue weighted by Crippen LogP contribution is 2.19. The number of piperidine rings is 1. The van der Waals surface area contributed by atoms with Crippen molar-refractivity contribution in [3.8, 4) is 0 Å². The Labute approximate surface area is 129 Å². The van der Waals surface area contributed by atoms with Gasteiger partial charge in [0.25, 0.3) is 0 Å². The molecule has 0 aromatic rings. The van der Waals surface area contributed by atoms with Crippen LogP contribution in [0.2, 0.25) is 0 Å². The van der Waals surface area contributed by atoms with Crippen LogP contribution in [-0.4, -0.2) is 74.7 Å². The third-order valence-corrected chi connectivity index (χ3v) is 4.61. The maximum Gasteiger partial charge on any atom is 0.234 e. The van der Waals surface area contributed by atoms with Gasteiger partial charge in [-0.15, -0.1) is 0 Å².